The van der Waals surface area contributed by atoms with Gasteiger partial charge in [0.05, 0.1) is 25.1 Å². The molecule has 3 aromatic carbocycles. The van der Waals surface area contributed by atoms with E-state index in [9.17, 15) is 13.2 Å². The van der Waals surface area contributed by atoms with Gasteiger partial charge in [0.25, 0.3) is 0 Å². The molecule has 32 heavy (non-hydrogen) atoms. The number of carbonyl (C=O) groups is 1. The lowest BCUT2D eigenvalue weighted by Crippen LogP contribution is -2.30. The first-order valence-corrected chi connectivity index (χ1v) is 11.9. The normalized spacial score (nSPS) is 12.1. The number of ether oxygens (including phenoxy) is 2. The molecule has 1 atom stereocenters. The molecule has 3 rings (SSSR count). The molecule has 0 radical (unpaired) electrons. The monoisotopic (exact) mass is 474 g/mol. The van der Waals surface area contributed by atoms with Gasteiger partial charge in [0.2, 0.25) is 15.9 Å². The number of para-hydroxylation sites is 1. The number of halogens is 1. The third-order valence-electron chi connectivity index (χ3n) is 4.45. The largest absolute Gasteiger partial charge is 0.497 e. The molecule has 7 nitrogen and oxygen atoms in total. The third kappa shape index (κ3) is 6.98. The van der Waals surface area contributed by atoms with E-state index in [4.69, 9.17) is 21.1 Å². The van der Waals surface area contributed by atoms with Gasteiger partial charge in [-0.15, -0.1) is 0 Å². The van der Waals surface area contributed by atoms with E-state index in [1.165, 1.54) is 7.11 Å². The van der Waals surface area contributed by atoms with Crippen LogP contribution in [0.1, 0.15) is 18.0 Å². The molecule has 0 saturated heterocycles. The van der Waals surface area contributed by atoms with E-state index in [2.05, 4.69) is 10.0 Å². The van der Waals surface area contributed by atoms with Gasteiger partial charge in [-0.05, 0) is 48.0 Å². The third-order valence-corrected chi connectivity index (χ3v) is 5.40. The van der Waals surface area contributed by atoms with Crippen LogP contribution >= 0.6 is 11.6 Å². The molecule has 9 heteroatoms. The van der Waals surface area contributed by atoms with Crippen LogP contribution in [0.5, 0.6) is 17.2 Å². The van der Waals surface area contributed by atoms with Gasteiger partial charge in [-0.3, -0.25) is 4.79 Å². The Balaban J connectivity index is 1.80. The van der Waals surface area contributed by atoms with Crippen LogP contribution in [0.25, 0.3) is 0 Å². The molecule has 0 saturated carbocycles. The minimum atomic E-state index is -3.57. The number of amides is 1. The van der Waals surface area contributed by atoms with Gasteiger partial charge in [0.1, 0.15) is 11.5 Å². The summed E-state index contributed by atoms with van der Waals surface area (Å²) in [4.78, 5) is 12.9. The van der Waals surface area contributed by atoms with Crippen LogP contribution in [0.4, 0.5) is 5.69 Å². The molecule has 0 heterocycles. The smallest absolute Gasteiger partial charge is 0.226 e. The zero-order valence-corrected chi connectivity index (χ0v) is 19.1. The van der Waals surface area contributed by atoms with Crippen molar-refractivity contribution in [1.29, 1.82) is 0 Å². The average molecular weight is 475 g/mol. The first-order valence-electron chi connectivity index (χ1n) is 9.67. The highest BCUT2D eigenvalue weighted by Gasteiger charge is 2.21. The molecule has 3 aromatic rings. The van der Waals surface area contributed by atoms with Crippen molar-refractivity contribution in [2.75, 3.05) is 18.7 Å². The Morgan fingerprint density at radius 3 is 2.31 bits per heavy atom. The topological polar surface area (TPSA) is 93.7 Å². The van der Waals surface area contributed by atoms with E-state index in [0.717, 1.165) is 6.26 Å². The maximum absolute atomic E-state index is 12.9. The number of nitrogens with one attached hydrogen (secondary N) is 2. The summed E-state index contributed by atoms with van der Waals surface area (Å²) in [5.74, 6) is 1.21. The van der Waals surface area contributed by atoms with Crippen molar-refractivity contribution in [3.63, 3.8) is 0 Å². The highest BCUT2D eigenvalue weighted by Crippen LogP contribution is 2.32. The second-order valence-corrected chi connectivity index (χ2v) is 9.24. The van der Waals surface area contributed by atoms with Crippen LogP contribution in [0.3, 0.4) is 0 Å². The summed E-state index contributed by atoms with van der Waals surface area (Å²) in [5.41, 5.74) is 0.998. The van der Waals surface area contributed by atoms with E-state index >= 15 is 0 Å². The van der Waals surface area contributed by atoms with Crippen LogP contribution in [0.2, 0.25) is 5.02 Å². The fourth-order valence-electron chi connectivity index (χ4n) is 3.01. The van der Waals surface area contributed by atoms with Gasteiger partial charge in [0, 0.05) is 11.4 Å². The number of anilines is 1. The van der Waals surface area contributed by atoms with E-state index in [-0.39, 0.29) is 6.42 Å². The van der Waals surface area contributed by atoms with Crippen LogP contribution in [0.15, 0.2) is 72.8 Å². The minimum absolute atomic E-state index is 0.142. The molecule has 0 aliphatic rings. The average Bonchev–Trinajstić information content (AvgIpc) is 2.75. The number of hydrogen-bond acceptors (Lipinski definition) is 5. The lowest BCUT2D eigenvalue weighted by Gasteiger charge is -2.19. The van der Waals surface area contributed by atoms with Gasteiger partial charge < -0.3 is 14.8 Å². The maximum atomic E-state index is 12.9. The Morgan fingerprint density at radius 2 is 1.69 bits per heavy atom. The lowest BCUT2D eigenvalue weighted by atomic mass is 10.0. The fraction of sp³-hybridized carbons (Fsp3) is 0.174. The van der Waals surface area contributed by atoms with Crippen molar-refractivity contribution >= 4 is 33.2 Å². The number of carbonyl (C=O) groups excluding carboxylic acids is 1. The summed E-state index contributed by atoms with van der Waals surface area (Å²) < 4.78 is 37.3. The number of rotatable bonds is 9. The lowest BCUT2D eigenvalue weighted by molar-refractivity contribution is -0.116. The second-order valence-electron chi connectivity index (χ2n) is 7.02. The Hall–Kier alpha value is -3.07. The molecule has 2 N–H and O–H groups in total. The Bertz CT molecular complexity index is 1170. The molecule has 0 aliphatic carbocycles. The summed E-state index contributed by atoms with van der Waals surface area (Å²) in [7, 11) is -2.03. The summed E-state index contributed by atoms with van der Waals surface area (Å²) in [5, 5.41) is 3.19. The van der Waals surface area contributed by atoms with Crippen molar-refractivity contribution < 1.29 is 22.7 Å². The number of hydrogen-bond donors (Lipinski definition) is 2. The molecular weight excluding hydrogens is 452 g/mol. The predicted octanol–water partition coefficient (Wildman–Crippen LogP) is 4.76. The Labute approximate surface area is 192 Å². The molecule has 0 spiro atoms. The maximum Gasteiger partial charge on any atom is 0.226 e. The zero-order chi connectivity index (χ0) is 23.1. The quantitative estimate of drug-likeness (QED) is 0.466. The van der Waals surface area contributed by atoms with Crippen LogP contribution in [-0.4, -0.2) is 27.7 Å². The Kier molecular flexibility index (Phi) is 7.74. The molecule has 1 amide bonds. The highest BCUT2D eigenvalue weighted by atomic mass is 35.5. The molecule has 0 fully saturated rings. The Morgan fingerprint density at radius 1 is 1.00 bits per heavy atom. The summed E-state index contributed by atoms with van der Waals surface area (Å²) in [6.45, 7) is 0. The molecule has 0 bridgehead atoms. The standard InChI is InChI=1S/C23H23ClN2O5S/c1-30-18-11-8-16(9-12-18)20(26-32(2,28)29)15-23(27)25-21-14-17(24)10-13-22(21)31-19-6-4-3-5-7-19/h3-14,20,26H,15H2,1-2H3,(H,25,27)/t20-/m1/s1. The van der Waals surface area contributed by atoms with Gasteiger partial charge in [-0.1, -0.05) is 41.9 Å². The second kappa shape index (κ2) is 10.5. The van der Waals surface area contributed by atoms with Crippen molar-refractivity contribution in [3.05, 3.63) is 83.4 Å². The summed E-state index contributed by atoms with van der Waals surface area (Å²) in [6, 6.07) is 20.0. The zero-order valence-electron chi connectivity index (χ0n) is 17.5. The first-order chi connectivity index (χ1) is 15.2. The number of sulfonamides is 1. The number of methoxy groups -OCH3 is 1. The molecule has 0 unspecified atom stereocenters. The fourth-order valence-corrected chi connectivity index (χ4v) is 3.92. The summed E-state index contributed by atoms with van der Waals surface area (Å²) in [6.07, 6.45) is 0.904. The van der Waals surface area contributed by atoms with Gasteiger partial charge in [0.15, 0.2) is 5.75 Å². The van der Waals surface area contributed by atoms with Crippen LogP contribution in [0, 0.1) is 0 Å². The van der Waals surface area contributed by atoms with E-state index in [1.807, 2.05) is 18.2 Å². The number of benzene rings is 3. The van der Waals surface area contributed by atoms with Gasteiger partial charge in [-0.25, -0.2) is 13.1 Å². The molecule has 0 aliphatic heterocycles. The van der Waals surface area contributed by atoms with Crippen molar-refractivity contribution in [1.82, 2.24) is 4.72 Å². The van der Waals surface area contributed by atoms with Crippen LogP contribution in [-0.2, 0) is 14.8 Å². The predicted molar refractivity (Wildman–Crippen MR) is 125 cm³/mol. The van der Waals surface area contributed by atoms with Gasteiger partial charge in [-0.2, -0.15) is 0 Å². The van der Waals surface area contributed by atoms with E-state index in [0.29, 0.717) is 33.5 Å². The van der Waals surface area contributed by atoms with Crippen molar-refractivity contribution in [3.8, 4) is 17.2 Å². The van der Waals surface area contributed by atoms with E-state index < -0.39 is 22.0 Å². The molecule has 0 aromatic heterocycles. The van der Waals surface area contributed by atoms with Crippen molar-refractivity contribution in [2.24, 2.45) is 0 Å². The summed E-state index contributed by atoms with van der Waals surface area (Å²) >= 11 is 6.11. The SMILES string of the molecule is COc1ccc([C@@H](CC(=O)Nc2cc(Cl)ccc2Oc2ccccc2)NS(C)(=O)=O)cc1. The van der Waals surface area contributed by atoms with Crippen LogP contribution < -0.4 is 19.5 Å². The highest BCUT2D eigenvalue weighted by molar-refractivity contribution is 7.88. The first kappa shape index (κ1) is 23.6. The molecule has 168 valence electrons. The van der Waals surface area contributed by atoms with Crippen molar-refractivity contribution in [2.45, 2.75) is 12.5 Å². The van der Waals surface area contributed by atoms with Gasteiger partial charge >= 0.3 is 0 Å². The molecular formula is C23H23ClN2O5S. The van der Waals surface area contributed by atoms with E-state index in [1.54, 1.807) is 54.6 Å². The minimum Gasteiger partial charge on any atom is -0.497 e.